The van der Waals surface area contributed by atoms with Gasteiger partial charge in [0, 0.05) is 42.6 Å². The second-order valence-electron chi connectivity index (χ2n) is 5.50. The molecule has 0 unspecified atom stereocenters. The number of hydrogen-bond acceptors (Lipinski definition) is 5. The van der Waals surface area contributed by atoms with E-state index in [-0.39, 0.29) is 5.63 Å². The first-order chi connectivity index (χ1) is 11.3. The molecule has 116 valence electrons. The Morgan fingerprint density at radius 3 is 2.57 bits per heavy atom. The van der Waals surface area contributed by atoms with E-state index in [4.69, 9.17) is 9.15 Å². The standard InChI is InChI=1S/C18H16N2O3/c21-18-16(13-3-5-19-6-4-13)11-14-1-2-15(12-17(14)23-18)20-7-9-22-10-8-20/h1-6,11-12H,7-10H2. The summed E-state index contributed by atoms with van der Waals surface area (Å²) in [6.07, 6.45) is 3.33. The molecule has 0 aliphatic carbocycles. The molecule has 0 N–H and O–H groups in total. The van der Waals surface area contributed by atoms with Crippen LogP contribution in [0.3, 0.4) is 0 Å². The molecule has 3 heterocycles. The second kappa shape index (κ2) is 5.85. The number of fused-ring (bicyclic) bond motifs is 1. The number of rotatable bonds is 2. The van der Waals surface area contributed by atoms with E-state index in [0.717, 1.165) is 42.9 Å². The highest BCUT2D eigenvalue weighted by Gasteiger charge is 2.13. The van der Waals surface area contributed by atoms with Crippen LogP contribution in [-0.2, 0) is 4.74 Å². The van der Waals surface area contributed by atoms with Crippen molar-refractivity contribution in [1.29, 1.82) is 0 Å². The van der Waals surface area contributed by atoms with Gasteiger partial charge in [-0.2, -0.15) is 0 Å². The summed E-state index contributed by atoms with van der Waals surface area (Å²) in [4.78, 5) is 18.5. The molecule has 0 radical (unpaired) electrons. The van der Waals surface area contributed by atoms with Crippen LogP contribution in [0, 0.1) is 0 Å². The van der Waals surface area contributed by atoms with Crippen LogP contribution in [0.5, 0.6) is 0 Å². The Labute approximate surface area is 133 Å². The van der Waals surface area contributed by atoms with Crippen LogP contribution < -0.4 is 10.5 Å². The van der Waals surface area contributed by atoms with Gasteiger partial charge in [-0.25, -0.2) is 4.79 Å². The van der Waals surface area contributed by atoms with E-state index in [2.05, 4.69) is 16.0 Å². The molecule has 0 amide bonds. The molecule has 1 saturated heterocycles. The summed E-state index contributed by atoms with van der Waals surface area (Å²) in [7, 11) is 0. The lowest BCUT2D eigenvalue weighted by atomic mass is 10.1. The van der Waals surface area contributed by atoms with Gasteiger partial charge < -0.3 is 14.1 Å². The lowest BCUT2D eigenvalue weighted by Crippen LogP contribution is -2.36. The van der Waals surface area contributed by atoms with Crippen molar-refractivity contribution in [3.8, 4) is 11.1 Å². The molecule has 2 aromatic heterocycles. The molecule has 0 spiro atoms. The minimum atomic E-state index is -0.331. The maximum absolute atomic E-state index is 12.3. The first-order valence-electron chi connectivity index (χ1n) is 7.62. The van der Waals surface area contributed by atoms with Gasteiger partial charge in [-0.15, -0.1) is 0 Å². The normalized spacial score (nSPS) is 15.0. The smallest absolute Gasteiger partial charge is 0.344 e. The lowest BCUT2D eigenvalue weighted by Gasteiger charge is -2.28. The van der Waals surface area contributed by atoms with E-state index in [0.29, 0.717) is 11.1 Å². The molecule has 5 heteroatoms. The van der Waals surface area contributed by atoms with E-state index < -0.39 is 0 Å². The molecule has 1 aliphatic heterocycles. The molecular formula is C18H16N2O3. The first-order valence-corrected chi connectivity index (χ1v) is 7.62. The molecular weight excluding hydrogens is 292 g/mol. The Morgan fingerprint density at radius 1 is 1.00 bits per heavy atom. The molecule has 5 nitrogen and oxygen atoms in total. The average Bonchev–Trinajstić information content (AvgIpc) is 2.62. The van der Waals surface area contributed by atoms with Gasteiger partial charge in [-0.1, -0.05) is 0 Å². The summed E-state index contributed by atoms with van der Waals surface area (Å²) >= 11 is 0. The first kappa shape index (κ1) is 14.0. The Bertz CT molecular complexity index is 884. The summed E-state index contributed by atoms with van der Waals surface area (Å²) in [5.41, 5.74) is 2.70. The highest BCUT2D eigenvalue weighted by molar-refractivity contribution is 5.84. The number of ether oxygens (including phenoxy) is 1. The van der Waals surface area contributed by atoms with Crippen LogP contribution in [0.25, 0.3) is 22.1 Å². The van der Waals surface area contributed by atoms with E-state index in [1.54, 1.807) is 24.5 Å². The third-order valence-electron chi connectivity index (χ3n) is 4.09. The summed E-state index contributed by atoms with van der Waals surface area (Å²) in [5, 5.41) is 0.911. The third kappa shape index (κ3) is 2.71. The highest BCUT2D eigenvalue weighted by Crippen LogP contribution is 2.25. The minimum Gasteiger partial charge on any atom is -0.422 e. The number of hydrogen-bond donors (Lipinski definition) is 0. The number of anilines is 1. The van der Waals surface area contributed by atoms with Crippen LogP contribution in [0.15, 0.2) is 58.0 Å². The van der Waals surface area contributed by atoms with E-state index in [1.165, 1.54) is 0 Å². The molecule has 23 heavy (non-hydrogen) atoms. The zero-order valence-electron chi connectivity index (χ0n) is 12.6. The van der Waals surface area contributed by atoms with Crippen molar-refractivity contribution in [2.45, 2.75) is 0 Å². The van der Waals surface area contributed by atoms with Crippen molar-refractivity contribution in [3.63, 3.8) is 0 Å². The number of benzene rings is 1. The number of morpholine rings is 1. The molecule has 0 bridgehead atoms. The fourth-order valence-electron chi connectivity index (χ4n) is 2.85. The van der Waals surface area contributed by atoms with Gasteiger partial charge in [-0.05, 0) is 35.9 Å². The summed E-state index contributed by atoms with van der Waals surface area (Å²) in [6, 6.07) is 11.5. The van der Waals surface area contributed by atoms with Gasteiger partial charge in [0.15, 0.2) is 0 Å². The predicted octanol–water partition coefficient (Wildman–Crippen LogP) is 2.69. The molecule has 0 saturated carbocycles. The topological polar surface area (TPSA) is 55.6 Å². The van der Waals surface area contributed by atoms with E-state index in [9.17, 15) is 4.79 Å². The summed E-state index contributed by atoms with van der Waals surface area (Å²) in [6.45, 7) is 3.15. The fourth-order valence-corrected chi connectivity index (χ4v) is 2.85. The monoisotopic (exact) mass is 308 g/mol. The maximum Gasteiger partial charge on any atom is 0.344 e. The van der Waals surface area contributed by atoms with Crippen molar-refractivity contribution >= 4 is 16.7 Å². The van der Waals surface area contributed by atoms with Crippen LogP contribution in [-0.4, -0.2) is 31.3 Å². The largest absolute Gasteiger partial charge is 0.422 e. The van der Waals surface area contributed by atoms with Crippen molar-refractivity contribution in [1.82, 2.24) is 4.98 Å². The Kier molecular flexibility index (Phi) is 3.55. The predicted molar refractivity (Wildman–Crippen MR) is 88.7 cm³/mol. The SMILES string of the molecule is O=c1oc2cc(N3CCOCC3)ccc2cc1-c1ccncc1. The summed E-state index contributed by atoms with van der Waals surface area (Å²) < 4.78 is 10.9. The summed E-state index contributed by atoms with van der Waals surface area (Å²) in [5.74, 6) is 0. The molecule has 1 aromatic carbocycles. The fraction of sp³-hybridized carbons (Fsp3) is 0.222. The van der Waals surface area contributed by atoms with Crippen molar-refractivity contribution < 1.29 is 9.15 Å². The average molecular weight is 308 g/mol. The van der Waals surface area contributed by atoms with Crippen LogP contribution in [0.1, 0.15) is 0 Å². The maximum atomic E-state index is 12.3. The van der Waals surface area contributed by atoms with E-state index >= 15 is 0 Å². The quantitative estimate of drug-likeness (QED) is 0.681. The van der Waals surface area contributed by atoms with Gasteiger partial charge >= 0.3 is 5.63 Å². The number of nitrogens with zero attached hydrogens (tertiary/aromatic N) is 2. The third-order valence-corrected chi connectivity index (χ3v) is 4.09. The van der Waals surface area contributed by atoms with Crippen LogP contribution >= 0.6 is 0 Å². The number of aromatic nitrogens is 1. The Morgan fingerprint density at radius 2 is 1.78 bits per heavy atom. The zero-order chi connectivity index (χ0) is 15.6. The molecule has 1 fully saturated rings. The molecule has 3 aromatic rings. The minimum absolute atomic E-state index is 0.331. The van der Waals surface area contributed by atoms with Crippen molar-refractivity contribution in [2.24, 2.45) is 0 Å². The van der Waals surface area contributed by atoms with Gasteiger partial charge in [0.25, 0.3) is 0 Å². The molecule has 4 rings (SSSR count). The Hall–Kier alpha value is -2.66. The van der Waals surface area contributed by atoms with Crippen LogP contribution in [0.4, 0.5) is 5.69 Å². The molecule has 1 aliphatic rings. The lowest BCUT2D eigenvalue weighted by molar-refractivity contribution is 0.122. The van der Waals surface area contributed by atoms with Crippen molar-refractivity contribution in [2.75, 3.05) is 31.2 Å². The molecule has 0 atom stereocenters. The van der Waals surface area contributed by atoms with Gasteiger partial charge in [-0.3, -0.25) is 4.98 Å². The second-order valence-corrected chi connectivity index (χ2v) is 5.50. The number of pyridine rings is 1. The highest BCUT2D eigenvalue weighted by atomic mass is 16.5. The van der Waals surface area contributed by atoms with Crippen molar-refractivity contribution in [3.05, 3.63) is 59.2 Å². The van der Waals surface area contributed by atoms with Gasteiger partial charge in [0.1, 0.15) is 5.58 Å². The Balaban J connectivity index is 1.77. The zero-order valence-corrected chi connectivity index (χ0v) is 12.6. The van der Waals surface area contributed by atoms with Crippen LogP contribution in [0.2, 0.25) is 0 Å². The van der Waals surface area contributed by atoms with E-state index in [1.807, 2.05) is 18.2 Å². The van der Waals surface area contributed by atoms with Gasteiger partial charge in [0.2, 0.25) is 0 Å². The van der Waals surface area contributed by atoms with Gasteiger partial charge in [0.05, 0.1) is 18.8 Å².